The van der Waals surface area contributed by atoms with Gasteiger partial charge in [0.25, 0.3) is 11.8 Å². The van der Waals surface area contributed by atoms with Crippen LogP contribution in [0.1, 0.15) is 139 Å². The van der Waals surface area contributed by atoms with Gasteiger partial charge in [0.05, 0.1) is 53.2 Å². The maximum atomic E-state index is 14.3. The van der Waals surface area contributed by atoms with Crippen LogP contribution in [-0.2, 0) is 69.8 Å². The van der Waals surface area contributed by atoms with Crippen molar-refractivity contribution in [1.82, 2.24) is 19.9 Å². The van der Waals surface area contributed by atoms with Crippen LogP contribution in [0.3, 0.4) is 0 Å². The molecule has 2 amide bonds. The van der Waals surface area contributed by atoms with Gasteiger partial charge in [-0.2, -0.15) is 0 Å². The molecule has 5 heterocycles. The van der Waals surface area contributed by atoms with Crippen molar-refractivity contribution in [1.29, 1.82) is 0 Å². The molecule has 0 fully saturated rings. The number of imide groups is 1. The van der Waals surface area contributed by atoms with E-state index in [1.807, 2.05) is 0 Å². The van der Waals surface area contributed by atoms with Gasteiger partial charge in [-0.25, -0.2) is 9.88 Å². The summed E-state index contributed by atoms with van der Waals surface area (Å²) in [6.07, 6.45) is 4.00. The smallest absolute Gasteiger partial charge is 0.657 e. The molecule has 0 saturated heterocycles. The number of hydrogen-bond acceptors (Lipinski definition) is 8. The number of nitrogens with zero attached hydrogens (tertiary/aromatic N) is 5. The number of amides is 2. The van der Waals surface area contributed by atoms with Crippen molar-refractivity contribution in [3.05, 3.63) is 75.2 Å². The average molecular weight is 881 g/mol. The first-order valence-corrected chi connectivity index (χ1v) is 21.4. The van der Waals surface area contributed by atoms with Gasteiger partial charge < -0.3 is 31.6 Å². The number of carbonyl (C=O) groups excluding carboxylic acids is 2. The van der Waals surface area contributed by atoms with E-state index >= 15 is 0 Å². The third kappa shape index (κ3) is 8.22. The molecule has 1 aromatic carbocycles. The van der Waals surface area contributed by atoms with Crippen molar-refractivity contribution in [2.24, 2.45) is 11.5 Å². The van der Waals surface area contributed by atoms with E-state index in [0.717, 1.165) is 97.6 Å². The maximum Gasteiger partial charge on any atom is 2.00 e. The summed E-state index contributed by atoms with van der Waals surface area (Å²) in [5.74, 6) is -4.72. The molecule has 318 valence electrons. The van der Waals surface area contributed by atoms with Crippen molar-refractivity contribution >= 4 is 73.6 Å². The molecule has 4 aromatic rings. The van der Waals surface area contributed by atoms with Gasteiger partial charge in [0.15, 0.2) is 0 Å². The van der Waals surface area contributed by atoms with Crippen molar-refractivity contribution in [2.45, 2.75) is 137 Å². The van der Waals surface area contributed by atoms with Crippen LogP contribution in [0, 0.1) is 0 Å². The van der Waals surface area contributed by atoms with Gasteiger partial charge >= 0.3 is 31.4 Å². The summed E-state index contributed by atoms with van der Waals surface area (Å²) in [5.41, 5.74) is 25.3. The van der Waals surface area contributed by atoms with Crippen LogP contribution < -0.4 is 26.3 Å². The molecule has 14 heteroatoms. The maximum absolute atomic E-state index is 14.3. The molecule has 2 aliphatic rings. The quantitative estimate of drug-likeness (QED) is 0.0867. The summed E-state index contributed by atoms with van der Waals surface area (Å²) in [5, 5.41) is 19.8. The topological polar surface area (TPSA) is 218 Å². The van der Waals surface area contributed by atoms with Gasteiger partial charge in [-0.1, -0.05) is 95.8 Å². The monoisotopic (exact) mass is 879 g/mol. The molecule has 0 radical (unpaired) electrons. The SMILES string of the molecule is CCC1=C(CC)c2cc3[n-]c(c(CC)c3CC)c3cc(N(C(=O)C(N)CC(=O)O)C(=O)C(N)CC(=O)O)cc4c3nc(cc3[n-]c(cc1n2)c(CC)c3CC)C4(CC)CC.[Zn+2]. The van der Waals surface area contributed by atoms with E-state index < -0.39 is 54.1 Å². The Morgan fingerprint density at radius 3 is 1.54 bits per heavy atom. The number of aliphatic carboxylic acids is 2. The van der Waals surface area contributed by atoms with Gasteiger partial charge in [0, 0.05) is 5.41 Å². The number of rotatable bonds is 15. The molecule has 2 aliphatic heterocycles. The predicted octanol–water partition coefficient (Wildman–Crippen LogP) is 7.27. The Morgan fingerprint density at radius 1 is 0.639 bits per heavy atom. The van der Waals surface area contributed by atoms with E-state index in [1.54, 1.807) is 12.1 Å². The van der Waals surface area contributed by atoms with Crippen molar-refractivity contribution in [2.75, 3.05) is 4.90 Å². The van der Waals surface area contributed by atoms with E-state index in [2.05, 4.69) is 73.6 Å². The fraction of sp³-hybridized carbons (Fsp3) is 0.447. The zero-order valence-electron chi connectivity index (χ0n) is 36.7. The molecule has 0 aliphatic carbocycles. The fourth-order valence-corrected chi connectivity index (χ4v) is 9.45. The number of allylic oxidation sites excluding steroid dienone is 2. The number of aryl methyl sites for hydroxylation is 4. The third-order valence-corrected chi connectivity index (χ3v) is 12.5. The Bertz CT molecular complexity index is 2570. The van der Waals surface area contributed by atoms with Gasteiger partial charge in [-0.15, -0.1) is 22.1 Å². The number of hydrogen-bond donors (Lipinski definition) is 4. The fourth-order valence-electron chi connectivity index (χ4n) is 9.45. The molecule has 8 bridgehead atoms. The molecule has 13 nitrogen and oxygen atoms in total. The summed E-state index contributed by atoms with van der Waals surface area (Å²) in [4.78, 5) is 74.3. The first kappa shape index (κ1) is 47.0. The molecule has 61 heavy (non-hydrogen) atoms. The summed E-state index contributed by atoms with van der Waals surface area (Å²) in [7, 11) is 0. The molecule has 2 atom stereocenters. The van der Waals surface area contributed by atoms with Gasteiger partial charge in [-0.3, -0.25) is 24.2 Å². The third-order valence-electron chi connectivity index (χ3n) is 12.5. The first-order chi connectivity index (χ1) is 28.7. The summed E-state index contributed by atoms with van der Waals surface area (Å²) >= 11 is 0. The minimum absolute atomic E-state index is 0. The van der Waals surface area contributed by atoms with E-state index in [-0.39, 0.29) is 25.2 Å². The molecule has 2 unspecified atom stereocenters. The Morgan fingerprint density at radius 2 is 1.10 bits per heavy atom. The number of anilines is 1. The molecule has 0 saturated carbocycles. The van der Waals surface area contributed by atoms with Crippen LogP contribution in [0.25, 0.3) is 44.1 Å². The van der Waals surface area contributed by atoms with E-state index in [0.29, 0.717) is 42.1 Å². The number of carbonyl (C=O) groups is 4. The number of carboxylic acids is 2. The second-order valence-corrected chi connectivity index (χ2v) is 15.6. The van der Waals surface area contributed by atoms with Crippen LogP contribution in [-0.4, -0.2) is 56.0 Å². The molecule has 0 spiro atoms. The summed E-state index contributed by atoms with van der Waals surface area (Å²) in [6, 6.07) is 6.40. The minimum atomic E-state index is -1.63. The van der Waals surface area contributed by atoms with E-state index in [4.69, 9.17) is 31.4 Å². The van der Waals surface area contributed by atoms with Crippen LogP contribution >= 0.6 is 0 Å². The Hall–Kier alpha value is -5.04. The van der Waals surface area contributed by atoms with Crippen LogP contribution in [0.15, 0.2) is 30.3 Å². The number of aromatic nitrogens is 4. The molecular formula is C47H57N7O6Zn. The van der Waals surface area contributed by atoms with Gasteiger partial charge in [0.2, 0.25) is 0 Å². The van der Waals surface area contributed by atoms with Crippen molar-refractivity contribution < 1.29 is 48.9 Å². The van der Waals surface area contributed by atoms with Crippen molar-refractivity contribution in [3.63, 3.8) is 0 Å². The average Bonchev–Trinajstić information content (AvgIpc) is 3.94. The van der Waals surface area contributed by atoms with E-state index in [1.165, 1.54) is 5.57 Å². The standard InChI is InChI=1S/C47H59N7O6.Zn/c1-9-25-26(10-2)37-22-38-29(13-5)30(14-6)43(52-38)31-17-24(54(45(59)33(48)19-41(55)56)46(60)34(49)20-42(57)58)18-32-44(31)53-40(47(32,15-7)16-8)23-39-28(12-4)27(11-3)36(51-39)21-35(25)50-37;/h17-18,21-23,33-34H,9-16,19-20,48-49H2,1-8H3,(H4,50,51,52,53,55,56,57,58);/q;+2/p-2. The normalized spacial score (nSPS) is 14.3. The van der Waals surface area contributed by atoms with Gasteiger partial charge in [-0.05, 0) is 85.6 Å². The Kier molecular flexibility index (Phi) is 14.6. The number of fused-ring (bicyclic) bond motifs is 8. The molecule has 6 rings (SSSR count). The first-order valence-electron chi connectivity index (χ1n) is 21.4. The Balaban J connectivity index is 0.00000704. The Labute approximate surface area is 369 Å². The second kappa shape index (κ2) is 18.9. The van der Waals surface area contributed by atoms with Crippen LogP contribution in [0.4, 0.5) is 5.69 Å². The minimum Gasteiger partial charge on any atom is -0.657 e. The predicted molar refractivity (Wildman–Crippen MR) is 236 cm³/mol. The number of benzene rings is 1. The number of carboxylic acid groups (broad SMARTS) is 2. The molecule has 6 N–H and O–H groups in total. The van der Waals surface area contributed by atoms with E-state index in [9.17, 15) is 29.4 Å². The van der Waals surface area contributed by atoms with Crippen LogP contribution in [0.5, 0.6) is 0 Å². The summed E-state index contributed by atoms with van der Waals surface area (Å²) < 4.78 is 0. The van der Waals surface area contributed by atoms with Crippen LogP contribution in [0.2, 0.25) is 0 Å². The zero-order chi connectivity index (χ0) is 43.8. The van der Waals surface area contributed by atoms with Gasteiger partial charge in [0.1, 0.15) is 0 Å². The van der Waals surface area contributed by atoms with Crippen molar-refractivity contribution in [3.8, 4) is 0 Å². The zero-order valence-corrected chi connectivity index (χ0v) is 39.7. The molecule has 3 aromatic heterocycles. The molecular weight excluding hydrogens is 824 g/mol. The summed E-state index contributed by atoms with van der Waals surface area (Å²) in [6.45, 7) is 16.9. The second-order valence-electron chi connectivity index (χ2n) is 15.6. The number of nitrogens with two attached hydrogens (primary N) is 2. The largest absolute Gasteiger partial charge is 2.00 e.